The van der Waals surface area contributed by atoms with Crippen molar-refractivity contribution in [2.45, 2.75) is 25.9 Å². The molecule has 2 amide bonds. The fourth-order valence-corrected chi connectivity index (χ4v) is 3.15. The molecule has 1 aromatic rings. The summed E-state index contributed by atoms with van der Waals surface area (Å²) in [5.41, 5.74) is 1.71. The molecule has 1 saturated heterocycles. The van der Waals surface area contributed by atoms with Gasteiger partial charge in [0, 0.05) is 30.7 Å². The van der Waals surface area contributed by atoms with Crippen LogP contribution in [0.5, 0.6) is 0 Å². The second-order valence-corrected chi connectivity index (χ2v) is 6.27. The van der Waals surface area contributed by atoms with Gasteiger partial charge in [0.1, 0.15) is 0 Å². The van der Waals surface area contributed by atoms with Gasteiger partial charge in [0.2, 0.25) is 11.8 Å². The number of hydrogen-bond acceptors (Lipinski definition) is 4. The first-order chi connectivity index (χ1) is 10.1. The van der Waals surface area contributed by atoms with Gasteiger partial charge in [-0.05, 0) is 24.6 Å². The molecule has 6 heteroatoms. The Morgan fingerprint density at radius 2 is 2.24 bits per heavy atom. The van der Waals surface area contributed by atoms with Crippen LogP contribution in [0.2, 0.25) is 0 Å². The molecule has 114 valence electrons. The average molecular weight is 307 g/mol. The summed E-state index contributed by atoms with van der Waals surface area (Å²) in [6.07, 6.45) is 0. The van der Waals surface area contributed by atoms with Crippen LogP contribution in [0.1, 0.15) is 25.5 Å². The van der Waals surface area contributed by atoms with Crippen LogP contribution in [0.25, 0.3) is 0 Å². The highest BCUT2D eigenvalue weighted by Gasteiger charge is 2.22. The first kappa shape index (κ1) is 15.9. The maximum absolute atomic E-state index is 12.2. The summed E-state index contributed by atoms with van der Waals surface area (Å²) in [4.78, 5) is 23.3. The van der Waals surface area contributed by atoms with E-state index in [1.165, 1.54) is 6.92 Å². The van der Waals surface area contributed by atoms with E-state index in [4.69, 9.17) is 0 Å². The number of carbonyl (C=O) groups is 2. The van der Waals surface area contributed by atoms with Gasteiger partial charge in [-0.3, -0.25) is 9.59 Å². The van der Waals surface area contributed by atoms with Gasteiger partial charge in [-0.15, -0.1) is 0 Å². The largest absolute Gasteiger partial charge is 0.348 e. The van der Waals surface area contributed by atoms with Gasteiger partial charge in [-0.2, -0.15) is 11.8 Å². The predicted octanol–water partition coefficient (Wildman–Crippen LogP) is 1.53. The lowest BCUT2D eigenvalue weighted by atomic mass is 10.1. The van der Waals surface area contributed by atoms with E-state index in [-0.39, 0.29) is 23.9 Å². The summed E-state index contributed by atoms with van der Waals surface area (Å²) in [7, 11) is 0. The Kier molecular flexibility index (Phi) is 5.64. The zero-order valence-electron chi connectivity index (χ0n) is 12.3. The van der Waals surface area contributed by atoms with Gasteiger partial charge in [-0.25, -0.2) is 0 Å². The monoisotopic (exact) mass is 307 g/mol. The third-order valence-electron chi connectivity index (χ3n) is 3.30. The van der Waals surface area contributed by atoms with Gasteiger partial charge in [-0.1, -0.05) is 12.1 Å². The van der Waals surface area contributed by atoms with E-state index in [0.717, 1.165) is 29.3 Å². The predicted molar refractivity (Wildman–Crippen MR) is 86.4 cm³/mol. The number of benzene rings is 1. The molecule has 1 aliphatic rings. The minimum absolute atomic E-state index is 0.0274. The summed E-state index contributed by atoms with van der Waals surface area (Å²) >= 11 is 1.79. The van der Waals surface area contributed by atoms with E-state index in [1.807, 2.05) is 31.2 Å². The van der Waals surface area contributed by atoms with Crippen LogP contribution in [-0.4, -0.2) is 35.9 Å². The first-order valence-corrected chi connectivity index (χ1v) is 8.21. The van der Waals surface area contributed by atoms with Crippen molar-refractivity contribution in [3.8, 4) is 0 Å². The molecular formula is C15H21N3O2S. The molecule has 1 heterocycles. The topological polar surface area (TPSA) is 70.2 Å². The van der Waals surface area contributed by atoms with Crippen molar-refractivity contribution in [2.75, 3.05) is 23.4 Å². The number of anilines is 1. The molecular weight excluding hydrogens is 286 g/mol. The van der Waals surface area contributed by atoms with Gasteiger partial charge >= 0.3 is 0 Å². The summed E-state index contributed by atoms with van der Waals surface area (Å²) in [5, 5.41) is 8.99. The van der Waals surface area contributed by atoms with Crippen LogP contribution in [-0.2, 0) is 9.59 Å². The van der Waals surface area contributed by atoms with Crippen molar-refractivity contribution in [1.29, 1.82) is 0 Å². The fraction of sp³-hybridized carbons (Fsp3) is 0.467. The number of carbonyl (C=O) groups excluding carboxylic acids is 2. The summed E-state index contributed by atoms with van der Waals surface area (Å²) in [5.74, 6) is 1.79. The van der Waals surface area contributed by atoms with E-state index in [9.17, 15) is 9.59 Å². The quantitative estimate of drug-likeness (QED) is 0.789. The Labute approximate surface area is 129 Å². The number of thioether (sulfide) groups is 1. The fourth-order valence-electron chi connectivity index (χ4n) is 2.22. The maximum atomic E-state index is 12.2. The summed E-state index contributed by atoms with van der Waals surface area (Å²) in [6.45, 7) is 4.29. The molecule has 3 N–H and O–H groups in total. The Morgan fingerprint density at radius 1 is 1.43 bits per heavy atom. The zero-order valence-corrected chi connectivity index (χ0v) is 13.1. The van der Waals surface area contributed by atoms with Crippen molar-refractivity contribution in [2.24, 2.45) is 0 Å². The van der Waals surface area contributed by atoms with Crippen molar-refractivity contribution in [3.05, 3.63) is 29.8 Å². The maximum Gasteiger partial charge on any atom is 0.238 e. The van der Waals surface area contributed by atoms with Crippen molar-refractivity contribution in [1.82, 2.24) is 10.6 Å². The Balaban J connectivity index is 1.97. The standard InChI is InChI=1S/C15H21N3O2S/c1-10(17-15(20)14-9-21-7-6-16-14)12-4-3-5-13(8-12)18-11(2)19/h3-5,8,10,14,16H,6-7,9H2,1-2H3,(H,17,20)(H,18,19). The molecule has 2 unspecified atom stereocenters. The van der Waals surface area contributed by atoms with Crippen LogP contribution in [0.3, 0.4) is 0 Å². The number of nitrogens with one attached hydrogen (secondary N) is 3. The molecule has 21 heavy (non-hydrogen) atoms. The molecule has 1 aromatic carbocycles. The van der Waals surface area contributed by atoms with Gasteiger partial charge in [0.05, 0.1) is 12.1 Å². The minimum atomic E-state index is -0.121. The molecule has 0 spiro atoms. The van der Waals surface area contributed by atoms with Gasteiger partial charge in [0.25, 0.3) is 0 Å². The van der Waals surface area contributed by atoms with Gasteiger partial charge in [0.15, 0.2) is 0 Å². The first-order valence-electron chi connectivity index (χ1n) is 7.05. The normalized spacial score (nSPS) is 19.6. The highest BCUT2D eigenvalue weighted by Crippen LogP contribution is 2.18. The van der Waals surface area contributed by atoms with Crippen molar-refractivity contribution in [3.63, 3.8) is 0 Å². The molecule has 0 radical (unpaired) electrons. The molecule has 0 aliphatic carbocycles. The SMILES string of the molecule is CC(=O)Nc1cccc(C(C)NC(=O)C2CSCCN2)c1. The molecule has 2 rings (SSSR count). The van der Waals surface area contributed by atoms with Gasteiger partial charge < -0.3 is 16.0 Å². The van der Waals surface area contributed by atoms with Crippen LogP contribution >= 0.6 is 11.8 Å². The Bertz CT molecular complexity index is 515. The number of hydrogen-bond donors (Lipinski definition) is 3. The van der Waals surface area contributed by atoms with Crippen LogP contribution < -0.4 is 16.0 Å². The van der Waals surface area contributed by atoms with Crippen LogP contribution in [0, 0.1) is 0 Å². The molecule has 0 aromatic heterocycles. The lowest BCUT2D eigenvalue weighted by Crippen LogP contribution is -2.49. The summed E-state index contributed by atoms with van der Waals surface area (Å²) < 4.78 is 0. The molecule has 0 saturated carbocycles. The van der Waals surface area contributed by atoms with Crippen LogP contribution in [0.15, 0.2) is 24.3 Å². The number of rotatable bonds is 4. The van der Waals surface area contributed by atoms with E-state index < -0.39 is 0 Å². The van der Waals surface area contributed by atoms with E-state index in [0.29, 0.717) is 0 Å². The molecule has 2 atom stereocenters. The van der Waals surface area contributed by atoms with Crippen molar-refractivity contribution >= 4 is 29.3 Å². The molecule has 1 aliphatic heterocycles. The third-order valence-corrected chi connectivity index (χ3v) is 4.37. The Hall–Kier alpha value is -1.53. The highest BCUT2D eigenvalue weighted by molar-refractivity contribution is 7.99. The number of amides is 2. The third kappa shape index (κ3) is 4.75. The minimum Gasteiger partial charge on any atom is -0.348 e. The lowest BCUT2D eigenvalue weighted by molar-refractivity contribution is -0.123. The van der Waals surface area contributed by atoms with E-state index in [2.05, 4.69) is 16.0 Å². The second kappa shape index (κ2) is 7.47. The van der Waals surface area contributed by atoms with E-state index in [1.54, 1.807) is 11.8 Å². The lowest BCUT2D eigenvalue weighted by Gasteiger charge is -2.24. The van der Waals surface area contributed by atoms with E-state index >= 15 is 0 Å². The van der Waals surface area contributed by atoms with Crippen molar-refractivity contribution < 1.29 is 9.59 Å². The Morgan fingerprint density at radius 3 is 2.90 bits per heavy atom. The highest BCUT2D eigenvalue weighted by atomic mass is 32.2. The molecule has 1 fully saturated rings. The summed E-state index contributed by atoms with van der Waals surface area (Å²) in [6, 6.07) is 7.32. The molecule has 5 nitrogen and oxygen atoms in total. The zero-order chi connectivity index (χ0) is 15.2. The average Bonchev–Trinajstić information content (AvgIpc) is 2.47. The smallest absolute Gasteiger partial charge is 0.238 e. The second-order valence-electron chi connectivity index (χ2n) is 5.12. The van der Waals surface area contributed by atoms with Crippen LogP contribution in [0.4, 0.5) is 5.69 Å². The molecule has 0 bridgehead atoms.